The highest BCUT2D eigenvalue weighted by Crippen LogP contribution is 2.17. The van der Waals surface area contributed by atoms with E-state index in [2.05, 4.69) is 5.32 Å². The molecule has 4 nitrogen and oxygen atoms in total. The fraction of sp³-hybridized carbons (Fsp3) is 0.917. The fourth-order valence-corrected chi connectivity index (χ4v) is 2.04. The summed E-state index contributed by atoms with van der Waals surface area (Å²) < 4.78 is 4.95. The molecule has 1 rings (SSSR count). The Kier molecular flexibility index (Phi) is 6.42. The second kappa shape index (κ2) is 7.63. The van der Waals surface area contributed by atoms with Crippen molar-refractivity contribution >= 4 is 5.91 Å². The third kappa shape index (κ3) is 4.94. The van der Waals surface area contributed by atoms with Gasteiger partial charge in [0.15, 0.2) is 0 Å². The molecule has 0 aromatic rings. The first-order valence-corrected chi connectivity index (χ1v) is 6.17. The summed E-state index contributed by atoms with van der Waals surface area (Å²) in [6.07, 6.45) is 4.16. The maximum atomic E-state index is 11.7. The predicted molar refractivity (Wildman–Crippen MR) is 64.3 cm³/mol. The lowest BCUT2D eigenvalue weighted by Crippen LogP contribution is -2.31. The topological polar surface area (TPSA) is 41.6 Å². The van der Waals surface area contributed by atoms with Gasteiger partial charge in [0.05, 0.1) is 6.61 Å². The number of methoxy groups -OCH3 is 1. The van der Waals surface area contributed by atoms with Crippen LogP contribution in [-0.4, -0.2) is 51.2 Å². The fourth-order valence-electron chi connectivity index (χ4n) is 2.04. The number of piperidine rings is 1. The molecule has 1 amide bonds. The van der Waals surface area contributed by atoms with E-state index in [-0.39, 0.29) is 5.91 Å². The maximum absolute atomic E-state index is 11.7. The van der Waals surface area contributed by atoms with Crippen LogP contribution in [0.15, 0.2) is 0 Å². The van der Waals surface area contributed by atoms with Gasteiger partial charge in [-0.2, -0.15) is 0 Å². The first kappa shape index (κ1) is 13.5. The number of nitrogens with one attached hydrogen (secondary N) is 1. The van der Waals surface area contributed by atoms with Gasteiger partial charge in [-0.15, -0.1) is 0 Å². The largest absolute Gasteiger partial charge is 0.383 e. The van der Waals surface area contributed by atoms with Crippen molar-refractivity contribution in [3.05, 3.63) is 0 Å². The highest BCUT2D eigenvalue weighted by Gasteiger charge is 2.15. The third-order valence-corrected chi connectivity index (χ3v) is 3.28. The van der Waals surface area contributed by atoms with Crippen LogP contribution in [0.4, 0.5) is 0 Å². The second-order valence-corrected chi connectivity index (χ2v) is 4.54. The minimum atomic E-state index is 0.246. The Morgan fingerprint density at radius 3 is 2.75 bits per heavy atom. The zero-order valence-corrected chi connectivity index (χ0v) is 10.5. The van der Waals surface area contributed by atoms with Gasteiger partial charge in [-0.3, -0.25) is 4.79 Å². The molecule has 94 valence electrons. The number of likely N-dealkylation sites (N-methyl/N-ethyl adjacent to an activating group) is 1. The molecule has 0 radical (unpaired) electrons. The van der Waals surface area contributed by atoms with Gasteiger partial charge in [0.2, 0.25) is 5.91 Å². The number of ether oxygens (including phenoxy) is 1. The molecule has 1 saturated heterocycles. The predicted octanol–water partition coefficient (Wildman–Crippen LogP) is 0.871. The van der Waals surface area contributed by atoms with Crippen LogP contribution in [0, 0.1) is 5.92 Å². The molecule has 0 aliphatic carbocycles. The Labute approximate surface area is 98.3 Å². The van der Waals surface area contributed by atoms with Gasteiger partial charge in [-0.25, -0.2) is 0 Å². The molecule has 0 aromatic heterocycles. The van der Waals surface area contributed by atoms with E-state index in [0.29, 0.717) is 19.6 Å². The van der Waals surface area contributed by atoms with E-state index in [1.54, 1.807) is 12.0 Å². The molecule has 4 heteroatoms. The lowest BCUT2D eigenvalue weighted by atomic mass is 9.93. The van der Waals surface area contributed by atoms with E-state index >= 15 is 0 Å². The van der Waals surface area contributed by atoms with Crippen LogP contribution in [0.1, 0.15) is 25.7 Å². The summed E-state index contributed by atoms with van der Waals surface area (Å²) in [5.41, 5.74) is 0. The standard InChI is InChI=1S/C12H24N2O2/c1-14(9-10-16-2)12(15)4-3-11-5-7-13-8-6-11/h11,13H,3-10H2,1-2H3. The molecule has 0 aromatic carbocycles. The van der Waals surface area contributed by atoms with Crippen LogP contribution < -0.4 is 5.32 Å². The SMILES string of the molecule is COCCN(C)C(=O)CCC1CCNCC1. The van der Waals surface area contributed by atoms with Crippen molar-refractivity contribution in [2.24, 2.45) is 5.92 Å². The minimum absolute atomic E-state index is 0.246. The Morgan fingerprint density at radius 1 is 1.44 bits per heavy atom. The minimum Gasteiger partial charge on any atom is -0.383 e. The lowest BCUT2D eigenvalue weighted by Gasteiger charge is -2.23. The Balaban J connectivity index is 2.12. The average molecular weight is 228 g/mol. The molecule has 1 fully saturated rings. The van der Waals surface area contributed by atoms with Gasteiger partial charge in [0.1, 0.15) is 0 Å². The molecule has 1 aliphatic heterocycles. The normalized spacial score (nSPS) is 17.4. The van der Waals surface area contributed by atoms with E-state index in [0.717, 1.165) is 25.4 Å². The number of amides is 1. The van der Waals surface area contributed by atoms with E-state index < -0.39 is 0 Å². The summed E-state index contributed by atoms with van der Waals surface area (Å²) in [6.45, 7) is 3.54. The molecule has 1 N–H and O–H groups in total. The van der Waals surface area contributed by atoms with Crippen LogP contribution in [0.2, 0.25) is 0 Å². The van der Waals surface area contributed by atoms with Gasteiger partial charge < -0.3 is 15.0 Å². The molecule has 0 bridgehead atoms. The molecule has 0 saturated carbocycles. The molecule has 0 spiro atoms. The van der Waals surface area contributed by atoms with E-state index in [1.807, 2.05) is 7.05 Å². The van der Waals surface area contributed by atoms with Crippen molar-refractivity contribution < 1.29 is 9.53 Å². The van der Waals surface area contributed by atoms with Crippen molar-refractivity contribution in [2.75, 3.05) is 40.4 Å². The second-order valence-electron chi connectivity index (χ2n) is 4.54. The summed E-state index contributed by atoms with van der Waals surface area (Å²) in [6, 6.07) is 0. The molecule has 0 atom stereocenters. The maximum Gasteiger partial charge on any atom is 0.222 e. The number of hydrogen-bond donors (Lipinski definition) is 1. The van der Waals surface area contributed by atoms with Crippen LogP contribution in [0.5, 0.6) is 0 Å². The number of carbonyl (C=O) groups is 1. The van der Waals surface area contributed by atoms with Crippen molar-refractivity contribution in [3.63, 3.8) is 0 Å². The van der Waals surface area contributed by atoms with Gasteiger partial charge in [-0.1, -0.05) is 0 Å². The van der Waals surface area contributed by atoms with Gasteiger partial charge in [0.25, 0.3) is 0 Å². The van der Waals surface area contributed by atoms with E-state index in [9.17, 15) is 4.79 Å². The first-order chi connectivity index (χ1) is 7.74. The smallest absolute Gasteiger partial charge is 0.222 e. The number of hydrogen-bond acceptors (Lipinski definition) is 3. The lowest BCUT2D eigenvalue weighted by molar-refractivity contribution is -0.130. The summed E-state index contributed by atoms with van der Waals surface area (Å²) in [7, 11) is 3.51. The zero-order valence-electron chi connectivity index (χ0n) is 10.5. The van der Waals surface area contributed by atoms with Crippen LogP contribution in [-0.2, 0) is 9.53 Å². The molecule has 0 unspecified atom stereocenters. The summed E-state index contributed by atoms with van der Waals surface area (Å²) in [4.78, 5) is 13.5. The highest BCUT2D eigenvalue weighted by molar-refractivity contribution is 5.75. The Morgan fingerprint density at radius 2 is 2.12 bits per heavy atom. The van der Waals surface area contributed by atoms with Gasteiger partial charge >= 0.3 is 0 Å². The summed E-state index contributed by atoms with van der Waals surface area (Å²) >= 11 is 0. The van der Waals surface area contributed by atoms with Crippen LogP contribution in [0.25, 0.3) is 0 Å². The van der Waals surface area contributed by atoms with Gasteiger partial charge in [0, 0.05) is 27.1 Å². The molecule has 16 heavy (non-hydrogen) atoms. The van der Waals surface area contributed by atoms with E-state index in [4.69, 9.17) is 4.74 Å². The third-order valence-electron chi connectivity index (χ3n) is 3.28. The molecule has 1 heterocycles. The van der Waals surface area contributed by atoms with E-state index in [1.165, 1.54) is 12.8 Å². The van der Waals surface area contributed by atoms with Crippen molar-refractivity contribution in [1.82, 2.24) is 10.2 Å². The quantitative estimate of drug-likeness (QED) is 0.733. The molecular formula is C12H24N2O2. The highest BCUT2D eigenvalue weighted by atomic mass is 16.5. The monoisotopic (exact) mass is 228 g/mol. The summed E-state index contributed by atoms with van der Waals surface area (Å²) in [5, 5.41) is 3.34. The number of rotatable bonds is 6. The number of carbonyl (C=O) groups excluding carboxylic acids is 1. The first-order valence-electron chi connectivity index (χ1n) is 6.17. The van der Waals surface area contributed by atoms with Crippen molar-refractivity contribution in [1.29, 1.82) is 0 Å². The van der Waals surface area contributed by atoms with Crippen LogP contribution in [0.3, 0.4) is 0 Å². The van der Waals surface area contributed by atoms with Crippen molar-refractivity contribution in [2.45, 2.75) is 25.7 Å². The molecule has 1 aliphatic rings. The summed E-state index contributed by atoms with van der Waals surface area (Å²) in [5.74, 6) is 0.983. The van der Waals surface area contributed by atoms with Gasteiger partial charge in [-0.05, 0) is 38.3 Å². The Bertz CT molecular complexity index is 203. The zero-order chi connectivity index (χ0) is 11.8. The van der Waals surface area contributed by atoms with Crippen LogP contribution >= 0.6 is 0 Å². The number of nitrogens with zero attached hydrogens (tertiary/aromatic N) is 1. The van der Waals surface area contributed by atoms with Crippen molar-refractivity contribution in [3.8, 4) is 0 Å². The average Bonchev–Trinajstić information content (AvgIpc) is 2.34. The molecular weight excluding hydrogens is 204 g/mol. The Hall–Kier alpha value is -0.610.